The summed E-state index contributed by atoms with van der Waals surface area (Å²) in [6.07, 6.45) is 0. The summed E-state index contributed by atoms with van der Waals surface area (Å²) in [5.74, 6) is -1.06. The van der Waals surface area contributed by atoms with E-state index in [1.54, 1.807) is 50.2 Å². The highest BCUT2D eigenvalue weighted by Crippen LogP contribution is 2.43. The number of rotatable bonds is 6. The number of nitrogens with one attached hydrogen (secondary N) is 1. The van der Waals surface area contributed by atoms with E-state index in [1.165, 1.54) is 23.1 Å². The number of nitro groups is 1. The van der Waals surface area contributed by atoms with Gasteiger partial charge in [-0.25, -0.2) is 4.79 Å². The number of nitro benzene ring substituents is 1. The molecule has 8 nitrogen and oxygen atoms in total. The fourth-order valence-electron chi connectivity index (χ4n) is 3.11. The summed E-state index contributed by atoms with van der Waals surface area (Å²) in [6.45, 7) is 3.42. The van der Waals surface area contributed by atoms with E-state index in [2.05, 4.69) is 21.2 Å². The van der Waals surface area contributed by atoms with Crippen molar-refractivity contribution in [2.24, 2.45) is 0 Å². The zero-order valence-electron chi connectivity index (χ0n) is 15.7. The van der Waals surface area contributed by atoms with Gasteiger partial charge in [0.05, 0.1) is 16.0 Å². The highest BCUT2D eigenvalue weighted by molar-refractivity contribution is 9.11. The van der Waals surface area contributed by atoms with Crippen molar-refractivity contribution >= 4 is 44.9 Å². The van der Waals surface area contributed by atoms with Crippen molar-refractivity contribution in [2.75, 3.05) is 16.8 Å². The number of amides is 1. The maximum absolute atomic E-state index is 13.3. The van der Waals surface area contributed by atoms with Gasteiger partial charge in [-0.05, 0) is 48.0 Å². The van der Waals surface area contributed by atoms with Crippen LogP contribution < -0.4 is 10.2 Å². The van der Waals surface area contributed by atoms with Crippen LogP contribution in [0.3, 0.4) is 0 Å². The summed E-state index contributed by atoms with van der Waals surface area (Å²) in [5.41, 5.74) is -0.589. The first kappa shape index (κ1) is 20.5. The molecule has 0 saturated carbocycles. The Morgan fingerprint density at radius 2 is 1.93 bits per heavy atom. The zero-order chi connectivity index (χ0) is 21.2. The molecule has 0 unspecified atom stereocenters. The van der Waals surface area contributed by atoms with Crippen molar-refractivity contribution in [2.45, 2.75) is 19.4 Å². The monoisotopic (exact) mass is 459 g/mol. The first-order valence-electron chi connectivity index (χ1n) is 8.79. The normalized spacial score (nSPS) is 18.7. The lowest BCUT2D eigenvalue weighted by atomic mass is 10.0. The SMILES string of the molecule is CCOC(=O)[C@@]1(C)C(Br)=C(Nc2cccc([N+](=O)[O-])c2)C(=O)N1c1ccccc1. The molecule has 3 rings (SSSR count). The van der Waals surface area contributed by atoms with Crippen LogP contribution in [0.5, 0.6) is 0 Å². The molecule has 0 saturated heterocycles. The number of carbonyl (C=O) groups excluding carboxylic acids is 2. The smallest absolute Gasteiger partial charge is 0.337 e. The van der Waals surface area contributed by atoms with Crippen molar-refractivity contribution in [3.63, 3.8) is 0 Å². The minimum atomic E-state index is -1.43. The first-order valence-corrected chi connectivity index (χ1v) is 9.58. The zero-order valence-corrected chi connectivity index (χ0v) is 17.3. The Morgan fingerprint density at radius 1 is 1.24 bits per heavy atom. The van der Waals surface area contributed by atoms with Gasteiger partial charge in [-0.1, -0.05) is 24.3 Å². The molecule has 150 valence electrons. The Bertz CT molecular complexity index is 1010. The van der Waals surface area contributed by atoms with Gasteiger partial charge in [-0.3, -0.25) is 19.8 Å². The molecule has 1 amide bonds. The number of carbonyl (C=O) groups is 2. The van der Waals surface area contributed by atoms with Crippen LogP contribution in [0.4, 0.5) is 17.1 Å². The largest absolute Gasteiger partial charge is 0.464 e. The molecule has 0 aliphatic carbocycles. The van der Waals surface area contributed by atoms with E-state index in [0.29, 0.717) is 11.4 Å². The Morgan fingerprint density at radius 3 is 2.55 bits per heavy atom. The van der Waals surface area contributed by atoms with E-state index in [9.17, 15) is 19.7 Å². The van der Waals surface area contributed by atoms with Gasteiger partial charge >= 0.3 is 5.97 Å². The number of halogens is 1. The highest BCUT2D eigenvalue weighted by Gasteiger charge is 2.54. The molecule has 1 N–H and O–H groups in total. The summed E-state index contributed by atoms with van der Waals surface area (Å²) in [5, 5.41) is 14.0. The molecule has 0 spiro atoms. The molecule has 0 fully saturated rings. The third-order valence-corrected chi connectivity index (χ3v) is 5.69. The van der Waals surface area contributed by atoms with Gasteiger partial charge in [0, 0.05) is 23.5 Å². The van der Waals surface area contributed by atoms with Crippen LogP contribution in [0, 0.1) is 10.1 Å². The van der Waals surface area contributed by atoms with Crippen LogP contribution in [0.15, 0.2) is 64.8 Å². The predicted molar refractivity (Wildman–Crippen MR) is 112 cm³/mol. The number of benzene rings is 2. The highest BCUT2D eigenvalue weighted by atomic mass is 79.9. The maximum Gasteiger partial charge on any atom is 0.337 e. The average molecular weight is 460 g/mol. The van der Waals surface area contributed by atoms with Crippen LogP contribution >= 0.6 is 15.9 Å². The van der Waals surface area contributed by atoms with E-state index in [4.69, 9.17) is 4.74 Å². The van der Waals surface area contributed by atoms with E-state index in [0.717, 1.165) is 0 Å². The molecule has 1 aliphatic heterocycles. The molecular weight excluding hydrogens is 442 g/mol. The number of anilines is 2. The van der Waals surface area contributed by atoms with E-state index < -0.39 is 22.3 Å². The third kappa shape index (κ3) is 3.61. The summed E-state index contributed by atoms with van der Waals surface area (Å²) in [6, 6.07) is 14.5. The minimum Gasteiger partial charge on any atom is -0.464 e. The number of nitrogens with zero attached hydrogens (tertiary/aromatic N) is 2. The molecule has 1 heterocycles. The van der Waals surface area contributed by atoms with Gasteiger partial charge in [0.1, 0.15) is 5.70 Å². The second-order valence-corrected chi connectivity index (χ2v) is 7.18. The van der Waals surface area contributed by atoms with Gasteiger partial charge in [-0.2, -0.15) is 0 Å². The Kier molecular flexibility index (Phi) is 5.69. The number of hydrogen-bond acceptors (Lipinski definition) is 6. The van der Waals surface area contributed by atoms with Gasteiger partial charge < -0.3 is 10.1 Å². The lowest BCUT2D eigenvalue weighted by Gasteiger charge is -2.33. The summed E-state index contributed by atoms with van der Waals surface area (Å²) >= 11 is 3.40. The van der Waals surface area contributed by atoms with Gasteiger partial charge in [0.2, 0.25) is 0 Å². The summed E-state index contributed by atoms with van der Waals surface area (Å²) in [7, 11) is 0. The Labute approximate surface area is 175 Å². The lowest BCUT2D eigenvalue weighted by molar-refractivity contribution is -0.384. The lowest BCUT2D eigenvalue weighted by Crippen LogP contribution is -2.52. The topological polar surface area (TPSA) is 102 Å². The molecule has 2 aromatic rings. The quantitative estimate of drug-likeness (QED) is 0.398. The molecule has 2 aromatic carbocycles. The van der Waals surface area contributed by atoms with Crippen LogP contribution in [0.25, 0.3) is 0 Å². The third-order valence-electron chi connectivity index (χ3n) is 4.52. The van der Waals surface area contributed by atoms with Crippen LogP contribution in [-0.4, -0.2) is 28.9 Å². The number of ether oxygens (including phenoxy) is 1. The Hall–Kier alpha value is -3.20. The molecule has 9 heteroatoms. The van der Waals surface area contributed by atoms with Gasteiger partial charge in [-0.15, -0.1) is 0 Å². The molecule has 0 bridgehead atoms. The fourth-order valence-corrected chi connectivity index (χ4v) is 3.71. The second kappa shape index (κ2) is 8.04. The number of non-ortho nitro benzene ring substituents is 1. The van der Waals surface area contributed by atoms with E-state index >= 15 is 0 Å². The molecule has 1 atom stereocenters. The first-order chi connectivity index (χ1) is 13.8. The number of hydrogen-bond donors (Lipinski definition) is 1. The van der Waals surface area contributed by atoms with Crippen molar-refractivity contribution in [3.05, 3.63) is 74.9 Å². The van der Waals surface area contributed by atoms with Crippen molar-refractivity contribution < 1.29 is 19.2 Å². The number of para-hydroxylation sites is 1. The van der Waals surface area contributed by atoms with Gasteiger partial charge in [0.25, 0.3) is 11.6 Å². The molecule has 0 aromatic heterocycles. The van der Waals surface area contributed by atoms with Crippen LogP contribution in [-0.2, 0) is 14.3 Å². The molecule has 0 radical (unpaired) electrons. The van der Waals surface area contributed by atoms with E-state index in [1.807, 2.05) is 0 Å². The summed E-state index contributed by atoms with van der Waals surface area (Å²) in [4.78, 5) is 38.0. The Balaban J connectivity index is 2.08. The van der Waals surface area contributed by atoms with Gasteiger partial charge in [0.15, 0.2) is 5.54 Å². The molecular formula is C20H18BrN3O5. The van der Waals surface area contributed by atoms with Crippen LogP contribution in [0.1, 0.15) is 13.8 Å². The van der Waals surface area contributed by atoms with Crippen molar-refractivity contribution in [3.8, 4) is 0 Å². The van der Waals surface area contributed by atoms with Crippen molar-refractivity contribution in [1.82, 2.24) is 0 Å². The second-order valence-electron chi connectivity index (χ2n) is 6.39. The minimum absolute atomic E-state index is 0.102. The van der Waals surface area contributed by atoms with Crippen molar-refractivity contribution in [1.29, 1.82) is 0 Å². The standard InChI is InChI=1S/C20H18BrN3O5/c1-3-29-19(26)20(2)17(21)16(18(25)23(20)14-9-5-4-6-10-14)22-13-8-7-11-15(12-13)24(27)28/h4-12,22H,3H2,1-2H3/t20-/m1/s1. The predicted octanol–water partition coefficient (Wildman–Crippen LogP) is 3.98. The molecule has 1 aliphatic rings. The molecule has 29 heavy (non-hydrogen) atoms. The maximum atomic E-state index is 13.3. The number of esters is 1. The fraction of sp³-hybridized carbons (Fsp3) is 0.200. The average Bonchev–Trinajstić information content (AvgIpc) is 2.90. The van der Waals surface area contributed by atoms with E-state index in [-0.39, 0.29) is 22.5 Å². The summed E-state index contributed by atoms with van der Waals surface area (Å²) < 4.78 is 5.52. The van der Waals surface area contributed by atoms with Crippen LogP contribution in [0.2, 0.25) is 0 Å².